The maximum Gasteiger partial charge on any atom is 0.329 e. The second kappa shape index (κ2) is 7.20. The van der Waals surface area contributed by atoms with Crippen LogP contribution < -0.4 is 10.6 Å². The van der Waals surface area contributed by atoms with E-state index < -0.39 is 17.8 Å². The fraction of sp³-hybridized carbons (Fsp3) is 0.118. The van der Waals surface area contributed by atoms with Crippen LogP contribution in [0.4, 0.5) is 10.5 Å². The van der Waals surface area contributed by atoms with Gasteiger partial charge in [0.25, 0.3) is 5.91 Å². The van der Waals surface area contributed by atoms with Crippen molar-refractivity contribution in [1.82, 2.24) is 10.2 Å². The Bertz CT molecular complexity index is 874. The Morgan fingerprint density at radius 3 is 2.68 bits per heavy atom. The van der Waals surface area contributed by atoms with Crippen LogP contribution in [0.2, 0.25) is 0 Å². The quantitative estimate of drug-likeness (QED) is 0.588. The van der Waals surface area contributed by atoms with Crippen LogP contribution in [0.3, 0.4) is 0 Å². The number of thiophene rings is 1. The predicted octanol–water partition coefficient (Wildman–Crippen LogP) is 3.35. The van der Waals surface area contributed by atoms with Crippen LogP contribution >= 0.6 is 27.3 Å². The Hall–Kier alpha value is -2.45. The van der Waals surface area contributed by atoms with Gasteiger partial charge in [0.1, 0.15) is 12.2 Å². The van der Waals surface area contributed by atoms with Gasteiger partial charge in [-0.05, 0) is 47.1 Å². The fourth-order valence-electron chi connectivity index (χ4n) is 2.24. The summed E-state index contributed by atoms with van der Waals surface area (Å²) in [5.41, 5.74) is 1.84. The number of carbonyl (C=O) groups is 3. The summed E-state index contributed by atoms with van der Waals surface area (Å²) < 4.78 is 0.899. The van der Waals surface area contributed by atoms with Gasteiger partial charge in [-0.2, -0.15) is 0 Å². The van der Waals surface area contributed by atoms with Crippen molar-refractivity contribution >= 4 is 56.9 Å². The van der Waals surface area contributed by atoms with E-state index in [1.165, 1.54) is 11.3 Å². The zero-order valence-electron chi connectivity index (χ0n) is 13.2. The highest BCUT2D eigenvalue weighted by atomic mass is 79.9. The van der Waals surface area contributed by atoms with E-state index >= 15 is 0 Å². The van der Waals surface area contributed by atoms with Crippen LogP contribution in [-0.4, -0.2) is 29.3 Å². The summed E-state index contributed by atoms with van der Waals surface area (Å²) in [5.74, 6) is -0.957. The standard InChI is InChI=1S/C17H14BrN3O3S/c1-10-2-4-12(5-3-10)19-15(22)8-21-16(23)14(20-17(21)24)7-13-6-11(18)9-25-13/h2-7,9H,8H2,1H3,(H,19,22)(H,20,24). The largest absolute Gasteiger partial charge is 0.329 e. The molecule has 2 heterocycles. The van der Waals surface area contributed by atoms with E-state index in [0.717, 1.165) is 19.8 Å². The average Bonchev–Trinajstić information content (AvgIpc) is 3.08. The van der Waals surface area contributed by atoms with Gasteiger partial charge in [-0.15, -0.1) is 11.3 Å². The van der Waals surface area contributed by atoms with E-state index in [2.05, 4.69) is 26.6 Å². The van der Waals surface area contributed by atoms with Crippen molar-refractivity contribution in [2.45, 2.75) is 6.92 Å². The molecule has 6 nitrogen and oxygen atoms in total. The van der Waals surface area contributed by atoms with E-state index in [1.54, 1.807) is 18.2 Å². The number of hydrogen-bond acceptors (Lipinski definition) is 4. The zero-order chi connectivity index (χ0) is 18.0. The first-order valence-electron chi connectivity index (χ1n) is 7.37. The molecule has 0 atom stereocenters. The van der Waals surface area contributed by atoms with Crippen LogP contribution in [0, 0.1) is 6.92 Å². The number of halogens is 1. The molecule has 0 unspecified atom stereocenters. The third-order valence-electron chi connectivity index (χ3n) is 3.47. The molecule has 1 aliphatic rings. The number of carbonyl (C=O) groups excluding carboxylic acids is 3. The third-order valence-corrected chi connectivity index (χ3v) is 5.11. The van der Waals surface area contributed by atoms with Gasteiger partial charge in [-0.25, -0.2) is 9.69 Å². The van der Waals surface area contributed by atoms with Gasteiger partial charge >= 0.3 is 6.03 Å². The molecule has 1 aromatic heterocycles. The highest BCUT2D eigenvalue weighted by Gasteiger charge is 2.34. The Labute approximate surface area is 156 Å². The van der Waals surface area contributed by atoms with Crippen LogP contribution in [-0.2, 0) is 9.59 Å². The van der Waals surface area contributed by atoms with Gasteiger partial charge in [0.05, 0.1) is 0 Å². The molecular formula is C17H14BrN3O3S. The molecule has 1 aromatic carbocycles. The number of rotatable bonds is 4. The number of urea groups is 1. The number of nitrogens with one attached hydrogen (secondary N) is 2. The Balaban J connectivity index is 1.67. The lowest BCUT2D eigenvalue weighted by Crippen LogP contribution is -2.38. The molecule has 0 bridgehead atoms. The van der Waals surface area contributed by atoms with E-state index in [0.29, 0.717) is 5.69 Å². The number of amides is 4. The highest BCUT2D eigenvalue weighted by Crippen LogP contribution is 2.23. The first-order chi connectivity index (χ1) is 11.9. The number of hydrogen-bond donors (Lipinski definition) is 2. The maximum atomic E-state index is 12.3. The lowest BCUT2D eigenvalue weighted by Gasteiger charge is -2.12. The molecule has 25 heavy (non-hydrogen) atoms. The van der Waals surface area contributed by atoms with E-state index in [4.69, 9.17) is 0 Å². The van der Waals surface area contributed by atoms with Crippen molar-refractivity contribution < 1.29 is 14.4 Å². The van der Waals surface area contributed by atoms with Gasteiger partial charge in [0.2, 0.25) is 5.91 Å². The molecule has 8 heteroatoms. The number of anilines is 1. The van der Waals surface area contributed by atoms with Gasteiger partial charge < -0.3 is 10.6 Å². The molecule has 1 aliphatic heterocycles. The summed E-state index contributed by atoms with van der Waals surface area (Å²) in [5, 5.41) is 7.04. The van der Waals surface area contributed by atoms with Crippen molar-refractivity contribution in [3.05, 3.63) is 56.3 Å². The SMILES string of the molecule is Cc1ccc(NC(=O)CN2C(=O)NC(=Cc3cc(Br)cs3)C2=O)cc1. The summed E-state index contributed by atoms with van der Waals surface area (Å²) in [6, 6.07) is 8.49. The van der Waals surface area contributed by atoms with Gasteiger partial charge in [0.15, 0.2) is 0 Å². The zero-order valence-corrected chi connectivity index (χ0v) is 15.6. The van der Waals surface area contributed by atoms with Gasteiger partial charge in [-0.3, -0.25) is 9.59 Å². The number of aryl methyl sites for hydroxylation is 1. The van der Waals surface area contributed by atoms with Crippen LogP contribution in [0.5, 0.6) is 0 Å². The molecule has 2 N–H and O–H groups in total. The Morgan fingerprint density at radius 1 is 1.32 bits per heavy atom. The summed E-state index contributed by atoms with van der Waals surface area (Å²) in [6.45, 7) is 1.60. The highest BCUT2D eigenvalue weighted by molar-refractivity contribution is 9.10. The molecule has 2 aromatic rings. The normalized spacial score (nSPS) is 15.6. The first kappa shape index (κ1) is 17.4. The summed E-state index contributed by atoms with van der Waals surface area (Å²) >= 11 is 4.77. The first-order valence-corrected chi connectivity index (χ1v) is 9.05. The molecule has 0 saturated carbocycles. The summed E-state index contributed by atoms with van der Waals surface area (Å²) in [7, 11) is 0. The maximum absolute atomic E-state index is 12.3. The van der Waals surface area contributed by atoms with Crippen LogP contribution in [0.1, 0.15) is 10.4 Å². The van der Waals surface area contributed by atoms with Gasteiger partial charge in [-0.1, -0.05) is 17.7 Å². The van der Waals surface area contributed by atoms with Crippen LogP contribution in [0.15, 0.2) is 45.9 Å². The second-order valence-electron chi connectivity index (χ2n) is 5.46. The Morgan fingerprint density at radius 2 is 2.04 bits per heavy atom. The third kappa shape index (κ3) is 4.15. The van der Waals surface area contributed by atoms with Crippen LogP contribution in [0.25, 0.3) is 6.08 Å². The number of benzene rings is 1. The average molecular weight is 420 g/mol. The molecule has 1 saturated heterocycles. The molecule has 0 aliphatic carbocycles. The van der Waals surface area contributed by atoms with E-state index in [-0.39, 0.29) is 12.2 Å². The van der Waals surface area contributed by atoms with Crippen molar-refractivity contribution in [1.29, 1.82) is 0 Å². The second-order valence-corrected chi connectivity index (χ2v) is 7.32. The van der Waals surface area contributed by atoms with Crippen molar-refractivity contribution in [2.75, 3.05) is 11.9 Å². The molecule has 0 spiro atoms. The summed E-state index contributed by atoms with van der Waals surface area (Å²) in [4.78, 5) is 38.1. The predicted molar refractivity (Wildman–Crippen MR) is 100 cm³/mol. The molecule has 1 fully saturated rings. The molecule has 0 radical (unpaired) electrons. The van der Waals surface area contributed by atoms with E-state index in [1.807, 2.05) is 30.5 Å². The summed E-state index contributed by atoms with van der Waals surface area (Å²) in [6.07, 6.45) is 1.59. The minimum Gasteiger partial charge on any atom is -0.325 e. The number of nitrogens with zero attached hydrogens (tertiary/aromatic N) is 1. The minimum absolute atomic E-state index is 0.155. The lowest BCUT2D eigenvalue weighted by molar-refractivity contribution is -0.127. The fourth-order valence-corrected chi connectivity index (χ4v) is 3.62. The monoisotopic (exact) mass is 419 g/mol. The van der Waals surface area contributed by atoms with Crippen molar-refractivity contribution in [3.8, 4) is 0 Å². The van der Waals surface area contributed by atoms with Gasteiger partial charge in [0, 0.05) is 20.4 Å². The molecule has 4 amide bonds. The topological polar surface area (TPSA) is 78.5 Å². The smallest absolute Gasteiger partial charge is 0.325 e. The molecular weight excluding hydrogens is 406 g/mol. The molecule has 128 valence electrons. The molecule has 3 rings (SSSR count). The van der Waals surface area contributed by atoms with Crippen molar-refractivity contribution in [3.63, 3.8) is 0 Å². The minimum atomic E-state index is -0.606. The van der Waals surface area contributed by atoms with E-state index in [9.17, 15) is 14.4 Å². The number of imide groups is 1. The van der Waals surface area contributed by atoms with Crippen molar-refractivity contribution in [2.24, 2.45) is 0 Å². The lowest BCUT2D eigenvalue weighted by atomic mass is 10.2. The Kier molecular flexibility index (Phi) is 5.00.